The number of aromatic nitrogens is 2. The quantitative estimate of drug-likeness (QED) is 0.716. The summed E-state index contributed by atoms with van der Waals surface area (Å²) in [6.07, 6.45) is 0.0857. The number of nitrogens with one attached hydrogen (secondary N) is 1. The average molecular weight is 295 g/mol. The molecule has 1 atom stereocenters. The Balaban J connectivity index is 1.98. The molecule has 0 saturated heterocycles. The van der Waals surface area contributed by atoms with E-state index in [1.54, 1.807) is 11.3 Å². The monoisotopic (exact) mass is 295 g/mol. The number of fused-ring (bicyclic) bond motifs is 3. The minimum atomic E-state index is 0.0857. The van der Waals surface area contributed by atoms with E-state index in [0.717, 1.165) is 5.69 Å². The zero-order valence-corrected chi connectivity index (χ0v) is 13.2. The summed E-state index contributed by atoms with van der Waals surface area (Å²) in [5.41, 5.74) is 7.31. The first-order chi connectivity index (χ1) is 10.1. The van der Waals surface area contributed by atoms with E-state index in [0.29, 0.717) is 0 Å². The summed E-state index contributed by atoms with van der Waals surface area (Å²) in [5, 5.41) is 10.5. The molecule has 3 nitrogen and oxygen atoms in total. The fourth-order valence-electron chi connectivity index (χ4n) is 3.11. The Kier molecular flexibility index (Phi) is 2.69. The third-order valence-corrected chi connectivity index (χ3v) is 4.88. The topological polar surface area (TPSA) is 29.9 Å². The lowest BCUT2D eigenvalue weighted by atomic mass is 9.99. The van der Waals surface area contributed by atoms with Gasteiger partial charge >= 0.3 is 0 Å². The van der Waals surface area contributed by atoms with Crippen molar-refractivity contribution in [2.24, 2.45) is 0 Å². The van der Waals surface area contributed by atoms with Crippen molar-refractivity contribution < 1.29 is 0 Å². The number of aryl methyl sites for hydroxylation is 3. The normalized spacial score (nSPS) is 16.2. The summed E-state index contributed by atoms with van der Waals surface area (Å²) in [7, 11) is 0. The van der Waals surface area contributed by atoms with E-state index >= 15 is 0 Å². The molecular weight excluding hydrogens is 278 g/mol. The lowest BCUT2D eigenvalue weighted by molar-refractivity contribution is 0.578. The van der Waals surface area contributed by atoms with Crippen LogP contribution in [-0.4, -0.2) is 9.78 Å². The molecular formula is C17H17N3S. The average Bonchev–Trinajstić information content (AvgIpc) is 3.06. The molecule has 1 aliphatic rings. The zero-order valence-electron chi connectivity index (χ0n) is 12.3. The summed E-state index contributed by atoms with van der Waals surface area (Å²) in [4.78, 5) is 1.28. The van der Waals surface area contributed by atoms with Crippen LogP contribution in [0.15, 0.2) is 35.7 Å². The van der Waals surface area contributed by atoms with E-state index in [2.05, 4.69) is 66.5 Å². The largest absolute Gasteiger partial charge is 0.359 e. The van der Waals surface area contributed by atoms with Crippen LogP contribution in [0.1, 0.15) is 27.9 Å². The first-order valence-corrected chi connectivity index (χ1v) is 7.99. The molecule has 0 saturated carbocycles. The van der Waals surface area contributed by atoms with Crippen LogP contribution in [0.25, 0.3) is 11.3 Å². The maximum absolute atomic E-state index is 4.71. The molecule has 1 aliphatic heterocycles. The van der Waals surface area contributed by atoms with Crippen molar-refractivity contribution in [2.75, 3.05) is 5.32 Å². The van der Waals surface area contributed by atoms with Crippen molar-refractivity contribution >= 4 is 17.0 Å². The van der Waals surface area contributed by atoms with E-state index < -0.39 is 0 Å². The van der Waals surface area contributed by atoms with Crippen molar-refractivity contribution in [3.63, 3.8) is 0 Å². The van der Waals surface area contributed by atoms with Gasteiger partial charge in [-0.05, 0) is 49.9 Å². The van der Waals surface area contributed by atoms with E-state index in [4.69, 9.17) is 5.10 Å². The van der Waals surface area contributed by atoms with Crippen LogP contribution >= 0.6 is 11.3 Å². The Morgan fingerprint density at radius 3 is 2.81 bits per heavy atom. The number of thiophene rings is 1. The predicted octanol–water partition coefficient (Wildman–Crippen LogP) is 4.51. The number of rotatable bonds is 1. The van der Waals surface area contributed by atoms with Crippen LogP contribution in [0.4, 0.5) is 5.69 Å². The van der Waals surface area contributed by atoms with Gasteiger partial charge < -0.3 is 5.32 Å². The first kappa shape index (κ1) is 12.7. The van der Waals surface area contributed by atoms with Crippen LogP contribution in [0.2, 0.25) is 0 Å². The van der Waals surface area contributed by atoms with Gasteiger partial charge in [0, 0.05) is 16.1 Å². The second kappa shape index (κ2) is 4.46. The third kappa shape index (κ3) is 1.90. The number of hydrogen-bond donors (Lipinski definition) is 1. The van der Waals surface area contributed by atoms with Crippen molar-refractivity contribution in [2.45, 2.75) is 26.9 Å². The Morgan fingerprint density at radius 1 is 1.19 bits per heavy atom. The molecule has 0 fully saturated rings. The molecule has 1 N–H and O–H groups in total. The minimum absolute atomic E-state index is 0.0857. The van der Waals surface area contributed by atoms with E-state index in [1.165, 1.54) is 32.9 Å². The molecule has 4 heteroatoms. The van der Waals surface area contributed by atoms with Crippen molar-refractivity contribution in [3.8, 4) is 11.3 Å². The fourth-order valence-corrected chi connectivity index (χ4v) is 3.87. The molecule has 4 rings (SSSR count). The molecule has 3 aromatic rings. The van der Waals surface area contributed by atoms with Gasteiger partial charge in [-0.3, -0.25) is 0 Å². The highest BCUT2D eigenvalue weighted by molar-refractivity contribution is 7.10. The van der Waals surface area contributed by atoms with Crippen molar-refractivity contribution in [1.29, 1.82) is 0 Å². The van der Waals surface area contributed by atoms with Gasteiger partial charge in [-0.2, -0.15) is 5.10 Å². The predicted molar refractivity (Wildman–Crippen MR) is 88.0 cm³/mol. The number of anilines is 1. The number of nitrogens with zero attached hydrogens (tertiary/aromatic N) is 2. The van der Waals surface area contributed by atoms with Crippen LogP contribution < -0.4 is 5.32 Å². The maximum Gasteiger partial charge on any atom is 0.156 e. The van der Waals surface area contributed by atoms with Crippen LogP contribution in [0.5, 0.6) is 0 Å². The lowest BCUT2D eigenvalue weighted by Crippen LogP contribution is -2.25. The molecule has 1 aromatic carbocycles. The Labute approximate surface area is 128 Å². The third-order valence-electron chi connectivity index (χ3n) is 3.95. The molecule has 2 aromatic heterocycles. The molecule has 106 valence electrons. The highest BCUT2D eigenvalue weighted by Crippen LogP contribution is 2.41. The second-order valence-electron chi connectivity index (χ2n) is 5.68. The van der Waals surface area contributed by atoms with Gasteiger partial charge in [0.2, 0.25) is 0 Å². The van der Waals surface area contributed by atoms with Gasteiger partial charge in [0.15, 0.2) is 6.17 Å². The van der Waals surface area contributed by atoms with E-state index in [9.17, 15) is 0 Å². The molecule has 0 radical (unpaired) electrons. The fraction of sp³-hybridized carbons (Fsp3) is 0.235. The smallest absolute Gasteiger partial charge is 0.156 e. The van der Waals surface area contributed by atoms with E-state index in [1.807, 2.05) is 0 Å². The molecule has 0 spiro atoms. The molecule has 21 heavy (non-hydrogen) atoms. The van der Waals surface area contributed by atoms with Crippen LogP contribution in [0.3, 0.4) is 0 Å². The summed E-state index contributed by atoms with van der Waals surface area (Å²) in [5.74, 6) is 0. The molecule has 0 amide bonds. The van der Waals surface area contributed by atoms with Gasteiger partial charge in [0.25, 0.3) is 0 Å². The summed E-state index contributed by atoms with van der Waals surface area (Å²) < 4.78 is 2.11. The maximum atomic E-state index is 4.71. The van der Waals surface area contributed by atoms with Crippen molar-refractivity contribution in [3.05, 3.63) is 57.4 Å². The highest BCUT2D eigenvalue weighted by Gasteiger charge is 2.28. The van der Waals surface area contributed by atoms with Gasteiger partial charge in [-0.1, -0.05) is 17.7 Å². The van der Waals surface area contributed by atoms with E-state index in [-0.39, 0.29) is 6.17 Å². The summed E-state index contributed by atoms with van der Waals surface area (Å²) >= 11 is 1.76. The highest BCUT2D eigenvalue weighted by atomic mass is 32.1. The van der Waals surface area contributed by atoms with Crippen LogP contribution in [-0.2, 0) is 0 Å². The lowest BCUT2D eigenvalue weighted by Gasteiger charge is -2.29. The van der Waals surface area contributed by atoms with Gasteiger partial charge in [0.05, 0.1) is 11.4 Å². The molecule has 0 bridgehead atoms. The Bertz CT molecular complexity index is 815. The Morgan fingerprint density at radius 2 is 2.05 bits per heavy atom. The van der Waals surface area contributed by atoms with Crippen LogP contribution in [0, 0.1) is 20.8 Å². The molecule has 0 aliphatic carbocycles. The Hall–Kier alpha value is -2.07. The SMILES string of the molecule is Cc1cc(C)c2c(c1)-c1cc(C)nn1[C@H](c1cccs1)N2. The molecule has 0 unspecified atom stereocenters. The minimum Gasteiger partial charge on any atom is -0.359 e. The number of benzene rings is 1. The molecule has 3 heterocycles. The summed E-state index contributed by atoms with van der Waals surface area (Å²) in [6, 6.07) is 10.9. The standard InChI is InChI=1S/C17H17N3S/c1-10-7-11(2)16-13(8-10)14-9-12(3)19-20(14)17(18-16)15-5-4-6-21-15/h4-9,17-18H,1-3H3/t17-/m1/s1. The van der Waals surface area contributed by atoms with Gasteiger partial charge in [-0.25, -0.2) is 4.68 Å². The van der Waals surface area contributed by atoms with Gasteiger partial charge in [0.1, 0.15) is 0 Å². The second-order valence-corrected chi connectivity index (χ2v) is 6.66. The van der Waals surface area contributed by atoms with Gasteiger partial charge in [-0.15, -0.1) is 11.3 Å². The van der Waals surface area contributed by atoms with Crippen molar-refractivity contribution in [1.82, 2.24) is 9.78 Å². The zero-order chi connectivity index (χ0) is 14.6. The summed E-state index contributed by atoms with van der Waals surface area (Å²) in [6.45, 7) is 6.37. The first-order valence-electron chi connectivity index (χ1n) is 7.11. The number of hydrogen-bond acceptors (Lipinski definition) is 3.